The van der Waals surface area contributed by atoms with Crippen LogP contribution in [0, 0.1) is 0 Å². The van der Waals surface area contributed by atoms with E-state index in [2.05, 4.69) is 27.5 Å². The van der Waals surface area contributed by atoms with Crippen LogP contribution < -0.4 is 20.1 Å². The molecule has 7 heteroatoms. The summed E-state index contributed by atoms with van der Waals surface area (Å²) in [6, 6.07) is 13.5. The third-order valence-electron chi connectivity index (χ3n) is 4.76. The van der Waals surface area contributed by atoms with Gasteiger partial charge in [0.1, 0.15) is 19.0 Å². The van der Waals surface area contributed by atoms with Crippen LogP contribution in [0.4, 0.5) is 0 Å². The summed E-state index contributed by atoms with van der Waals surface area (Å²) in [6.45, 7) is 5.25. The van der Waals surface area contributed by atoms with Crippen LogP contribution in [0.3, 0.4) is 0 Å². The highest BCUT2D eigenvalue weighted by Gasteiger charge is 2.29. The topological polar surface area (TPSA) is 77.0 Å². The summed E-state index contributed by atoms with van der Waals surface area (Å²) in [5.41, 5.74) is 0.937. The SMILES string of the molecule is CN=C(NCc1ccc(OCCOc2ccccc2)nc1)NCC1(C)CCCO1. The monoisotopic (exact) mass is 398 g/mol. The smallest absolute Gasteiger partial charge is 0.213 e. The molecule has 0 amide bonds. The minimum Gasteiger partial charge on any atom is -0.490 e. The minimum absolute atomic E-state index is 0.109. The predicted molar refractivity (Wildman–Crippen MR) is 113 cm³/mol. The van der Waals surface area contributed by atoms with Crippen LogP contribution in [-0.4, -0.2) is 50.0 Å². The van der Waals surface area contributed by atoms with Crippen LogP contribution in [0.2, 0.25) is 0 Å². The van der Waals surface area contributed by atoms with Gasteiger partial charge in [0.25, 0.3) is 0 Å². The van der Waals surface area contributed by atoms with Crippen molar-refractivity contribution in [3.63, 3.8) is 0 Å². The molecular weight excluding hydrogens is 368 g/mol. The summed E-state index contributed by atoms with van der Waals surface area (Å²) in [4.78, 5) is 8.62. The molecule has 2 N–H and O–H groups in total. The van der Waals surface area contributed by atoms with Crippen LogP contribution in [0.1, 0.15) is 25.3 Å². The van der Waals surface area contributed by atoms with Gasteiger partial charge in [0.2, 0.25) is 5.88 Å². The zero-order valence-electron chi connectivity index (χ0n) is 17.2. The largest absolute Gasteiger partial charge is 0.490 e. The molecule has 1 aliphatic heterocycles. The molecule has 1 aromatic heterocycles. The van der Waals surface area contributed by atoms with Crippen molar-refractivity contribution in [2.24, 2.45) is 4.99 Å². The first-order chi connectivity index (χ1) is 14.2. The molecule has 0 aliphatic carbocycles. The molecule has 2 heterocycles. The zero-order chi connectivity index (χ0) is 20.4. The highest BCUT2D eigenvalue weighted by Crippen LogP contribution is 2.23. The number of para-hydroxylation sites is 1. The Morgan fingerprint density at radius 3 is 2.66 bits per heavy atom. The Labute approximate surface area is 172 Å². The van der Waals surface area contributed by atoms with Crippen molar-refractivity contribution < 1.29 is 14.2 Å². The molecule has 7 nitrogen and oxygen atoms in total. The number of pyridine rings is 1. The molecule has 3 rings (SSSR count). The Hall–Kier alpha value is -2.80. The second-order valence-electron chi connectivity index (χ2n) is 7.20. The Bertz CT molecular complexity index is 759. The molecule has 1 aliphatic rings. The van der Waals surface area contributed by atoms with Crippen LogP contribution in [-0.2, 0) is 11.3 Å². The molecule has 1 aromatic carbocycles. The summed E-state index contributed by atoms with van der Waals surface area (Å²) in [5.74, 6) is 2.17. The quantitative estimate of drug-likeness (QED) is 0.384. The molecule has 0 spiro atoms. The van der Waals surface area contributed by atoms with Gasteiger partial charge in [-0.1, -0.05) is 24.3 Å². The molecule has 29 heavy (non-hydrogen) atoms. The third-order valence-corrected chi connectivity index (χ3v) is 4.76. The molecule has 1 saturated heterocycles. The molecule has 0 bridgehead atoms. The molecule has 1 unspecified atom stereocenters. The minimum atomic E-state index is -0.109. The van der Waals surface area contributed by atoms with Crippen LogP contribution >= 0.6 is 0 Å². The van der Waals surface area contributed by atoms with Crippen molar-refractivity contribution in [3.05, 3.63) is 54.2 Å². The highest BCUT2D eigenvalue weighted by atomic mass is 16.5. The number of nitrogens with one attached hydrogen (secondary N) is 2. The Kier molecular flexibility index (Phi) is 7.69. The summed E-state index contributed by atoms with van der Waals surface area (Å²) in [6.07, 6.45) is 3.98. The van der Waals surface area contributed by atoms with Crippen molar-refractivity contribution >= 4 is 5.96 Å². The zero-order valence-corrected chi connectivity index (χ0v) is 17.2. The van der Waals surface area contributed by atoms with Gasteiger partial charge in [0.15, 0.2) is 5.96 Å². The van der Waals surface area contributed by atoms with Crippen LogP contribution in [0.15, 0.2) is 53.7 Å². The van der Waals surface area contributed by atoms with Crippen molar-refractivity contribution in [2.75, 3.05) is 33.4 Å². The maximum absolute atomic E-state index is 5.80. The average molecular weight is 399 g/mol. The third kappa shape index (κ3) is 6.94. The van der Waals surface area contributed by atoms with Gasteiger partial charge in [-0.25, -0.2) is 4.98 Å². The van der Waals surface area contributed by atoms with Gasteiger partial charge < -0.3 is 24.8 Å². The maximum Gasteiger partial charge on any atom is 0.213 e. The lowest BCUT2D eigenvalue weighted by Crippen LogP contribution is -2.45. The van der Waals surface area contributed by atoms with Gasteiger partial charge in [-0.15, -0.1) is 0 Å². The van der Waals surface area contributed by atoms with E-state index in [0.29, 0.717) is 25.6 Å². The molecule has 0 saturated carbocycles. The first-order valence-corrected chi connectivity index (χ1v) is 10.0. The first kappa shape index (κ1) is 20.9. The molecule has 156 valence electrons. The molecule has 1 atom stereocenters. The molecule has 0 radical (unpaired) electrons. The summed E-state index contributed by atoms with van der Waals surface area (Å²) < 4.78 is 17.0. The summed E-state index contributed by atoms with van der Waals surface area (Å²) >= 11 is 0. The van der Waals surface area contributed by atoms with E-state index in [-0.39, 0.29) is 5.60 Å². The van der Waals surface area contributed by atoms with Crippen LogP contribution in [0.5, 0.6) is 11.6 Å². The summed E-state index contributed by atoms with van der Waals surface area (Å²) in [7, 11) is 1.76. The Morgan fingerprint density at radius 1 is 1.14 bits per heavy atom. The summed E-state index contributed by atoms with van der Waals surface area (Å²) in [5, 5.41) is 6.64. The fraction of sp³-hybridized carbons (Fsp3) is 0.455. The molecule has 2 aromatic rings. The standard InChI is InChI=1S/C22H30N4O3/c1-22(11-6-12-29-22)17-26-21(23-2)25-16-18-9-10-20(24-15-18)28-14-13-27-19-7-4-3-5-8-19/h3-5,7-10,15H,6,11-14,16-17H2,1-2H3,(H2,23,25,26). The number of aromatic nitrogens is 1. The van der Waals surface area contributed by atoms with Gasteiger partial charge >= 0.3 is 0 Å². The number of hydrogen-bond donors (Lipinski definition) is 2. The van der Waals surface area contributed by atoms with Crippen molar-refractivity contribution in [2.45, 2.75) is 31.9 Å². The number of benzene rings is 1. The number of aliphatic imine (C=N–C) groups is 1. The Balaban J connectivity index is 1.35. The van der Waals surface area contributed by atoms with E-state index in [0.717, 1.165) is 43.3 Å². The van der Waals surface area contributed by atoms with E-state index >= 15 is 0 Å². The molecular formula is C22H30N4O3. The van der Waals surface area contributed by atoms with Crippen molar-refractivity contribution in [1.29, 1.82) is 0 Å². The van der Waals surface area contributed by atoms with E-state index in [4.69, 9.17) is 14.2 Å². The van der Waals surface area contributed by atoms with E-state index in [9.17, 15) is 0 Å². The second kappa shape index (κ2) is 10.7. The predicted octanol–water partition coefficient (Wildman–Crippen LogP) is 2.77. The Morgan fingerprint density at radius 2 is 1.97 bits per heavy atom. The van der Waals surface area contributed by atoms with Gasteiger partial charge in [0.05, 0.1) is 5.60 Å². The van der Waals surface area contributed by atoms with Gasteiger partial charge in [-0.3, -0.25) is 4.99 Å². The lowest BCUT2D eigenvalue weighted by atomic mass is 10.0. The lowest BCUT2D eigenvalue weighted by Gasteiger charge is -2.24. The van der Waals surface area contributed by atoms with Gasteiger partial charge in [0, 0.05) is 39.0 Å². The van der Waals surface area contributed by atoms with E-state index in [1.54, 1.807) is 13.2 Å². The van der Waals surface area contributed by atoms with E-state index in [1.807, 2.05) is 42.5 Å². The van der Waals surface area contributed by atoms with Crippen LogP contribution in [0.25, 0.3) is 0 Å². The first-order valence-electron chi connectivity index (χ1n) is 10.0. The molecule has 1 fully saturated rings. The fourth-order valence-corrected chi connectivity index (χ4v) is 3.08. The normalized spacial score (nSPS) is 19.0. The number of ether oxygens (including phenoxy) is 3. The number of guanidine groups is 1. The number of rotatable bonds is 9. The maximum atomic E-state index is 5.80. The highest BCUT2D eigenvalue weighted by molar-refractivity contribution is 5.79. The second-order valence-corrected chi connectivity index (χ2v) is 7.20. The number of hydrogen-bond acceptors (Lipinski definition) is 5. The lowest BCUT2D eigenvalue weighted by molar-refractivity contribution is 0.0243. The van der Waals surface area contributed by atoms with E-state index < -0.39 is 0 Å². The van der Waals surface area contributed by atoms with E-state index in [1.165, 1.54) is 0 Å². The fourth-order valence-electron chi connectivity index (χ4n) is 3.08. The van der Waals surface area contributed by atoms with Gasteiger partial charge in [-0.2, -0.15) is 0 Å². The van der Waals surface area contributed by atoms with Crippen molar-refractivity contribution in [3.8, 4) is 11.6 Å². The number of nitrogens with zero attached hydrogens (tertiary/aromatic N) is 2. The average Bonchev–Trinajstić information content (AvgIpc) is 3.20. The van der Waals surface area contributed by atoms with Gasteiger partial charge in [-0.05, 0) is 37.5 Å². The van der Waals surface area contributed by atoms with Crippen molar-refractivity contribution in [1.82, 2.24) is 15.6 Å².